The number of carbonyl (C=O) groups excluding carboxylic acids is 2. The topological polar surface area (TPSA) is 67.4 Å². The number of rotatable bonds is 7. The molecule has 0 saturated carbocycles. The standard InChI is InChI=1S/C11H15BrN2O3S/c1-17-7-6-13-10(15)4-5-14-11(16)8-2-3-9(12)18-8/h2-3H,4-7H2,1H3,(H,13,15)(H,14,16). The molecule has 0 aromatic carbocycles. The molecule has 0 saturated heterocycles. The molecule has 0 atom stereocenters. The second-order valence-electron chi connectivity index (χ2n) is 3.45. The summed E-state index contributed by atoms with van der Waals surface area (Å²) in [6.45, 7) is 1.30. The van der Waals surface area contributed by atoms with Crippen molar-refractivity contribution in [1.29, 1.82) is 0 Å². The molecule has 0 spiro atoms. The summed E-state index contributed by atoms with van der Waals surface area (Å²) in [6, 6.07) is 3.56. The Bertz CT molecular complexity index is 409. The van der Waals surface area contributed by atoms with E-state index >= 15 is 0 Å². The third-order valence-electron chi connectivity index (χ3n) is 2.06. The number of halogens is 1. The number of carbonyl (C=O) groups is 2. The smallest absolute Gasteiger partial charge is 0.261 e. The Balaban J connectivity index is 2.17. The van der Waals surface area contributed by atoms with Gasteiger partial charge in [-0.3, -0.25) is 9.59 Å². The van der Waals surface area contributed by atoms with Crippen molar-refractivity contribution in [1.82, 2.24) is 10.6 Å². The molecule has 0 fully saturated rings. The van der Waals surface area contributed by atoms with Gasteiger partial charge in [0.1, 0.15) is 0 Å². The lowest BCUT2D eigenvalue weighted by Gasteiger charge is -2.05. The van der Waals surface area contributed by atoms with E-state index in [0.717, 1.165) is 3.79 Å². The highest BCUT2D eigenvalue weighted by Gasteiger charge is 2.08. The zero-order valence-electron chi connectivity index (χ0n) is 9.99. The maximum atomic E-state index is 11.6. The van der Waals surface area contributed by atoms with Gasteiger partial charge < -0.3 is 15.4 Å². The van der Waals surface area contributed by atoms with Gasteiger partial charge in [0, 0.05) is 26.6 Å². The maximum Gasteiger partial charge on any atom is 0.261 e. The van der Waals surface area contributed by atoms with Crippen LogP contribution in [0.15, 0.2) is 15.9 Å². The normalized spacial score (nSPS) is 10.1. The van der Waals surface area contributed by atoms with Gasteiger partial charge in [0.15, 0.2) is 0 Å². The number of hydrogen-bond acceptors (Lipinski definition) is 4. The summed E-state index contributed by atoms with van der Waals surface area (Å²) >= 11 is 4.65. The zero-order chi connectivity index (χ0) is 13.4. The molecule has 0 unspecified atom stereocenters. The Morgan fingerprint density at radius 1 is 1.33 bits per heavy atom. The first-order chi connectivity index (χ1) is 8.63. The van der Waals surface area contributed by atoms with Crippen LogP contribution >= 0.6 is 27.3 Å². The molecular weight excluding hydrogens is 320 g/mol. The van der Waals surface area contributed by atoms with Crippen molar-refractivity contribution in [3.05, 3.63) is 20.8 Å². The Morgan fingerprint density at radius 2 is 2.11 bits per heavy atom. The van der Waals surface area contributed by atoms with Gasteiger partial charge in [0.2, 0.25) is 5.91 Å². The molecule has 0 aliphatic carbocycles. The van der Waals surface area contributed by atoms with Crippen LogP contribution in [0, 0.1) is 0 Å². The first-order valence-electron chi connectivity index (χ1n) is 5.42. The van der Waals surface area contributed by atoms with Gasteiger partial charge >= 0.3 is 0 Å². The van der Waals surface area contributed by atoms with E-state index in [1.54, 1.807) is 13.2 Å². The van der Waals surface area contributed by atoms with E-state index in [1.807, 2.05) is 6.07 Å². The van der Waals surface area contributed by atoms with Gasteiger partial charge in [-0.05, 0) is 28.1 Å². The quantitative estimate of drug-likeness (QED) is 0.740. The van der Waals surface area contributed by atoms with E-state index in [0.29, 0.717) is 24.6 Å². The molecule has 1 rings (SSSR count). The summed E-state index contributed by atoms with van der Waals surface area (Å²) in [5.41, 5.74) is 0. The summed E-state index contributed by atoms with van der Waals surface area (Å²) in [7, 11) is 1.57. The highest BCUT2D eigenvalue weighted by Crippen LogP contribution is 2.21. The van der Waals surface area contributed by atoms with E-state index in [2.05, 4.69) is 26.6 Å². The van der Waals surface area contributed by atoms with E-state index in [4.69, 9.17) is 4.74 Å². The average molecular weight is 335 g/mol. The Morgan fingerprint density at radius 3 is 2.72 bits per heavy atom. The molecule has 0 aliphatic heterocycles. The van der Waals surface area contributed by atoms with E-state index < -0.39 is 0 Å². The van der Waals surface area contributed by atoms with Gasteiger partial charge in [0.05, 0.1) is 15.3 Å². The summed E-state index contributed by atoms with van der Waals surface area (Å²) in [5.74, 6) is -0.255. The first kappa shape index (κ1) is 15.1. The highest BCUT2D eigenvalue weighted by atomic mass is 79.9. The van der Waals surface area contributed by atoms with Crippen LogP contribution in [0.3, 0.4) is 0 Å². The van der Waals surface area contributed by atoms with Gasteiger partial charge in [-0.15, -0.1) is 11.3 Å². The predicted molar refractivity (Wildman–Crippen MR) is 73.9 cm³/mol. The molecule has 0 bridgehead atoms. The first-order valence-corrected chi connectivity index (χ1v) is 7.03. The molecule has 1 aromatic heterocycles. The van der Waals surface area contributed by atoms with Crippen LogP contribution in [0.2, 0.25) is 0 Å². The second-order valence-corrected chi connectivity index (χ2v) is 5.92. The molecule has 0 radical (unpaired) electrons. The van der Waals surface area contributed by atoms with Crippen LogP contribution in [0.1, 0.15) is 16.1 Å². The number of thiophene rings is 1. The van der Waals surface area contributed by atoms with Gasteiger partial charge in [-0.25, -0.2) is 0 Å². The van der Waals surface area contributed by atoms with Crippen molar-refractivity contribution in [3.8, 4) is 0 Å². The third-order valence-corrected chi connectivity index (χ3v) is 3.69. The molecule has 18 heavy (non-hydrogen) atoms. The maximum absolute atomic E-state index is 11.6. The van der Waals surface area contributed by atoms with Gasteiger partial charge in [-0.2, -0.15) is 0 Å². The third kappa shape index (κ3) is 5.61. The molecule has 1 aromatic rings. The van der Waals surface area contributed by atoms with Gasteiger partial charge in [-0.1, -0.05) is 0 Å². The predicted octanol–water partition coefficient (Wildman–Crippen LogP) is 1.39. The number of nitrogens with one attached hydrogen (secondary N) is 2. The summed E-state index contributed by atoms with van der Waals surface area (Å²) in [5, 5.41) is 5.37. The van der Waals surface area contributed by atoms with Crippen LogP contribution in [0.5, 0.6) is 0 Å². The molecule has 2 amide bonds. The monoisotopic (exact) mass is 334 g/mol. The fourth-order valence-corrected chi connectivity index (χ4v) is 2.50. The van der Waals surface area contributed by atoms with Gasteiger partial charge in [0.25, 0.3) is 5.91 Å². The van der Waals surface area contributed by atoms with Crippen molar-refractivity contribution < 1.29 is 14.3 Å². The number of methoxy groups -OCH3 is 1. The lowest BCUT2D eigenvalue weighted by atomic mass is 10.3. The summed E-state index contributed by atoms with van der Waals surface area (Å²) in [6.07, 6.45) is 0.266. The summed E-state index contributed by atoms with van der Waals surface area (Å²) in [4.78, 5) is 23.6. The fraction of sp³-hybridized carbons (Fsp3) is 0.455. The van der Waals surface area contributed by atoms with Crippen LogP contribution in [0.4, 0.5) is 0 Å². The largest absolute Gasteiger partial charge is 0.383 e. The molecule has 0 aliphatic rings. The van der Waals surface area contributed by atoms with Crippen molar-refractivity contribution in [3.63, 3.8) is 0 Å². The second kappa shape index (κ2) is 8.23. The van der Waals surface area contributed by atoms with E-state index in [1.165, 1.54) is 11.3 Å². The molecule has 1 heterocycles. The minimum Gasteiger partial charge on any atom is -0.383 e. The molecule has 100 valence electrons. The lowest BCUT2D eigenvalue weighted by Crippen LogP contribution is -2.31. The van der Waals surface area contributed by atoms with Crippen LogP contribution in [-0.4, -0.2) is 38.6 Å². The van der Waals surface area contributed by atoms with Crippen molar-refractivity contribution in [2.24, 2.45) is 0 Å². The number of hydrogen-bond donors (Lipinski definition) is 2. The Labute approximate surface area is 118 Å². The van der Waals surface area contributed by atoms with Crippen LogP contribution in [-0.2, 0) is 9.53 Å². The highest BCUT2D eigenvalue weighted by molar-refractivity contribution is 9.11. The Kier molecular flexibility index (Phi) is 6.92. The van der Waals surface area contributed by atoms with Crippen LogP contribution in [0.25, 0.3) is 0 Å². The minimum absolute atomic E-state index is 0.0975. The molecular formula is C11H15BrN2O3S. The van der Waals surface area contributed by atoms with Crippen LogP contribution < -0.4 is 10.6 Å². The van der Waals surface area contributed by atoms with Crippen molar-refractivity contribution in [2.45, 2.75) is 6.42 Å². The van der Waals surface area contributed by atoms with E-state index in [9.17, 15) is 9.59 Å². The number of ether oxygens (including phenoxy) is 1. The number of amides is 2. The van der Waals surface area contributed by atoms with E-state index in [-0.39, 0.29) is 18.2 Å². The molecule has 7 heteroatoms. The minimum atomic E-state index is -0.157. The fourth-order valence-electron chi connectivity index (χ4n) is 1.19. The Hall–Kier alpha value is -0.920. The SMILES string of the molecule is COCCNC(=O)CCNC(=O)c1ccc(Br)s1. The van der Waals surface area contributed by atoms with Crippen molar-refractivity contribution in [2.75, 3.05) is 26.8 Å². The van der Waals surface area contributed by atoms with Crippen molar-refractivity contribution >= 4 is 39.1 Å². The lowest BCUT2D eigenvalue weighted by molar-refractivity contribution is -0.121. The molecule has 5 nitrogen and oxygen atoms in total. The zero-order valence-corrected chi connectivity index (χ0v) is 12.4. The average Bonchev–Trinajstić information content (AvgIpc) is 2.76. The summed E-state index contributed by atoms with van der Waals surface area (Å²) < 4.78 is 5.71. The molecule has 2 N–H and O–H groups in total.